The minimum absolute atomic E-state index is 0.166. The molecule has 1 fully saturated rings. The van der Waals surface area contributed by atoms with Crippen molar-refractivity contribution in [2.45, 2.75) is 25.1 Å². The standard InChI is InChI=1S/C12H16F3N3/c1-18-7-3-4-9(8-18)16-11-6-2-5-10(17-11)12(13,14)15/h2,5-6,9H,3-4,7-8H2,1H3,(H,16,17). The molecule has 0 aliphatic carbocycles. The molecular formula is C12H16F3N3. The van der Waals surface area contributed by atoms with Crippen LogP contribution in [-0.4, -0.2) is 36.1 Å². The van der Waals surface area contributed by atoms with Crippen molar-refractivity contribution in [3.8, 4) is 0 Å². The lowest BCUT2D eigenvalue weighted by Crippen LogP contribution is -2.39. The largest absolute Gasteiger partial charge is 0.433 e. The summed E-state index contributed by atoms with van der Waals surface area (Å²) in [6.07, 6.45) is -2.38. The van der Waals surface area contributed by atoms with Gasteiger partial charge in [-0.15, -0.1) is 0 Å². The third kappa shape index (κ3) is 3.35. The molecule has 1 N–H and O–H groups in total. The third-order valence-electron chi connectivity index (χ3n) is 3.02. The highest BCUT2D eigenvalue weighted by atomic mass is 19.4. The van der Waals surface area contributed by atoms with Crippen molar-refractivity contribution in [2.24, 2.45) is 0 Å². The Balaban J connectivity index is 2.05. The van der Waals surface area contributed by atoms with Gasteiger partial charge in [-0.2, -0.15) is 13.2 Å². The Morgan fingerprint density at radius 2 is 2.17 bits per heavy atom. The summed E-state index contributed by atoms with van der Waals surface area (Å²) in [5, 5.41) is 3.07. The van der Waals surface area contributed by atoms with Gasteiger partial charge in [0.2, 0.25) is 0 Å². The first-order chi connectivity index (χ1) is 8.45. The smallest absolute Gasteiger partial charge is 0.366 e. The number of nitrogens with zero attached hydrogens (tertiary/aromatic N) is 2. The number of halogens is 3. The maximum atomic E-state index is 12.5. The molecule has 0 spiro atoms. The molecule has 100 valence electrons. The summed E-state index contributed by atoms with van der Waals surface area (Å²) in [6, 6.07) is 4.10. The van der Waals surface area contributed by atoms with Crippen LogP contribution < -0.4 is 5.32 Å². The number of rotatable bonds is 2. The van der Waals surface area contributed by atoms with Crippen molar-refractivity contribution in [3.63, 3.8) is 0 Å². The second kappa shape index (κ2) is 5.14. The van der Waals surface area contributed by atoms with Crippen molar-refractivity contribution in [1.82, 2.24) is 9.88 Å². The Morgan fingerprint density at radius 3 is 2.83 bits per heavy atom. The molecule has 1 aromatic rings. The number of likely N-dealkylation sites (tertiary alicyclic amines) is 1. The molecule has 2 rings (SSSR count). The summed E-state index contributed by atoms with van der Waals surface area (Å²) in [5.41, 5.74) is -0.850. The summed E-state index contributed by atoms with van der Waals surface area (Å²) in [5.74, 6) is 0.296. The fourth-order valence-corrected chi connectivity index (χ4v) is 2.17. The predicted octanol–water partition coefficient (Wildman–Crippen LogP) is 2.61. The highest BCUT2D eigenvalue weighted by Crippen LogP contribution is 2.28. The number of piperidine rings is 1. The van der Waals surface area contributed by atoms with E-state index in [1.165, 1.54) is 6.07 Å². The summed E-state index contributed by atoms with van der Waals surface area (Å²) in [4.78, 5) is 5.77. The van der Waals surface area contributed by atoms with Gasteiger partial charge >= 0.3 is 6.18 Å². The number of hydrogen-bond acceptors (Lipinski definition) is 3. The Morgan fingerprint density at radius 1 is 1.39 bits per heavy atom. The molecule has 18 heavy (non-hydrogen) atoms. The summed E-state index contributed by atoms with van der Waals surface area (Å²) in [7, 11) is 2.01. The maximum absolute atomic E-state index is 12.5. The number of hydrogen-bond donors (Lipinski definition) is 1. The number of aromatic nitrogens is 1. The zero-order chi connectivity index (χ0) is 13.2. The molecule has 0 radical (unpaired) electrons. The average molecular weight is 259 g/mol. The second-order valence-electron chi connectivity index (χ2n) is 4.65. The molecule has 0 aromatic carbocycles. The molecule has 1 aliphatic rings. The van der Waals surface area contributed by atoms with Crippen LogP contribution in [0.2, 0.25) is 0 Å². The first kappa shape index (κ1) is 13.1. The van der Waals surface area contributed by atoms with E-state index in [-0.39, 0.29) is 6.04 Å². The Kier molecular flexibility index (Phi) is 3.75. The van der Waals surface area contributed by atoms with Gasteiger partial charge in [-0.1, -0.05) is 6.07 Å². The van der Waals surface area contributed by atoms with Crippen LogP contribution in [0.15, 0.2) is 18.2 Å². The van der Waals surface area contributed by atoms with Gasteiger partial charge in [0.25, 0.3) is 0 Å². The molecule has 0 bridgehead atoms. The van der Waals surface area contributed by atoms with E-state index in [2.05, 4.69) is 15.2 Å². The molecule has 1 unspecified atom stereocenters. The molecule has 1 aromatic heterocycles. The summed E-state index contributed by atoms with van der Waals surface area (Å²) in [6.45, 7) is 1.87. The molecular weight excluding hydrogens is 243 g/mol. The van der Waals surface area contributed by atoms with E-state index >= 15 is 0 Å². The topological polar surface area (TPSA) is 28.2 Å². The Hall–Kier alpha value is -1.30. The number of alkyl halides is 3. The first-order valence-electron chi connectivity index (χ1n) is 5.94. The van der Waals surface area contributed by atoms with Crippen LogP contribution in [0.5, 0.6) is 0 Å². The quantitative estimate of drug-likeness (QED) is 0.885. The lowest BCUT2D eigenvalue weighted by Gasteiger charge is -2.30. The molecule has 0 saturated carbocycles. The monoisotopic (exact) mass is 259 g/mol. The van der Waals surface area contributed by atoms with Gasteiger partial charge in [-0.25, -0.2) is 4.98 Å². The highest BCUT2D eigenvalue weighted by Gasteiger charge is 2.32. The van der Waals surface area contributed by atoms with E-state index in [0.29, 0.717) is 5.82 Å². The summed E-state index contributed by atoms with van der Waals surface area (Å²) < 4.78 is 37.5. The SMILES string of the molecule is CN1CCCC(Nc2cccc(C(F)(F)F)n2)C1. The van der Waals surface area contributed by atoms with E-state index in [1.807, 2.05) is 7.05 Å². The van der Waals surface area contributed by atoms with Crippen molar-refractivity contribution < 1.29 is 13.2 Å². The Bertz CT molecular complexity index is 406. The Labute approximate surface area is 104 Å². The van der Waals surface area contributed by atoms with E-state index in [4.69, 9.17) is 0 Å². The van der Waals surface area contributed by atoms with Crippen LogP contribution in [0, 0.1) is 0 Å². The lowest BCUT2D eigenvalue weighted by molar-refractivity contribution is -0.141. The minimum atomic E-state index is -4.39. The van der Waals surface area contributed by atoms with Crippen LogP contribution in [0.1, 0.15) is 18.5 Å². The highest BCUT2D eigenvalue weighted by molar-refractivity contribution is 5.37. The number of likely N-dealkylation sites (N-methyl/N-ethyl adjacent to an activating group) is 1. The van der Waals surface area contributed by atoms with E-state index in [1.54, 1.807) is 6.07 Å². The second-order valence-corrected chi connectivity index (χ2v) is 4.65. The van der Waals surface area contributed by atoms with Crippen molar-refractivity contribution >= 4 is 5.82 Å². The molecule has 3 nitrogen and oxygen atoms in total. The maximum Gasteiger partial charge on any atom is 0.433 e. The fourth-order valence-electron chi connectivity index (χ4n) is 2.17. The zero-order valence-electron chi connectivity index (χ0n) is 10.2. The number of nitrogens with one attached hydrogen (secondary N) is 1. The van der Waals surface area contributed by atoms with Gasteiger partial charge in [0, 0.05) is 12.6 Å². The van der Waals surface area contributed by atoms with Crippen LogP contribution >= 0.6 is 0 Å². The number of anilines is 1. The van der Waals surface area contributed by atoms with Crippen molar-refractivity contribution in [3.05, 3.63) is 23.9 Å². The molecule has 2 heterocycles. The summed E-state index contributed by atoms with van der Waals surface area (Å²) >= 11 is 0. The fraction of sp³-hybridized carbons (Fsp3) is 0.583. The van der Waals surface area contributed by atoms with Gasteiger partial charge in [0.1, 0.15) is 11.5 Å². The average Bonchev–Trinajstić information content (AvgIpc) is 2.28. The van der Waals surface area contributed by atoms with Gasteiger partial charge in [0.05, 0.1) is 0 Å². The van der Waals surface area contributed by atoms with Crippen molar-refractivity contribution in [2.75, 3.05) is 25.5 Å². The van der Waals surface area contributed by atoms with E-state index in [9.17, 15) is 13.2 Å². The normalized spacial score (nSPS) is 21.9. The molecule has 1 saturated heterocycles. The lowest BCUT2D eigenvalue weighted by atomic mass is 10.1. The predicted molar refractivity (Wildman–Crippen MR) is 63.4 cm³/mol. The van der Waals surface area contributed by atoms with Crippen LogP contribution in [0.3, 0.4) is 0 Å². The van der Waals surface area contributed by atoms with Crippen LogP contribution in [-0.2, 0) is 6.18 Å². The van der Waals surface area contributed by atoms with Crippen LogP contribution in [0.25, 0.3) is 0 Å². The molecule has 0 amide bonds. The van der Waals surface area contributed by atoms with Gasteiger partial charge in [-0.05, 0) is 38.6 Å². The molecule has 1 aliphatic heterocycles. The first-order valence-corrected chi connectivity index (χ1v) is 5.94. The number of pyridine rings is 1. The molecule has 1 atom stereocenters. The van der Waals surface area contributed by atoms with Gasteiger partial charge < -0.3 is 10.2 Å². The van der Waals surface area contributed by atoms with Crippen molar-refractivity contribution in [1.29, 1.82) is 0 Å². The van der Waals surface area contributed by atoms with E-state index < -0.39 is 11.9 Å². The minimum Gasteiger partial charge on any atom is -0.366 e. The van der Waals surface area contributed by atoms with Gasteiger partial charge in [-0.3, -0.25) is 0 Å². The van der Waals surface area contributed by atoms with Crippen LogP contribution in [0.4, 0.5) is 19.0 Å². The molecule has 6 heteroatoms. The zero-order valence-corrected chi connectivity index (χ0v) is 10.2. The van der Waals surface area contributed by atoms with Gasteiger partial charge in [0.15, 0.2) is 0 Å². The third-order valence-corrected chi connectivity index (χ3v) is 3.02. The van der Waals surface area contributed by atoms with E-state index in [0.717, 1.165) is 32.0 Å².